The second-order valence-corrected chi connectivity index (χ2v) is 27.2. The molecule has 28 unspecified atom stereocenters. The molecule has 0 aliphatic carbocycles. The van der Waals surface area contributed by atoms with Gasteiger partial charge in [0.2, 0.25) is 0 Å². The zero-order valence-corrected chi connectivity index (χ0v) is 58.2. The van der Waals surface area contributed by atoms with Crippen LogP contribution in [0, 0.1) is 0 Å². The van der Waals surface area contributed by atoms with Crippen LogP contribution in [-0.4, -0.2) is 285 Å². The van der Waals surface area contributed by atoms with Crippen molar-refractivity contribution in [1.82, 2.24) is 0 Å². The number of ether oxygens (including phenoxy) is 11. The summed E-state index contributed by atoms with van der Waals surface area (Å²) < 4.78 is 64.0. The van der Waals surface area contributed by atoms with E-state index in [2.05, 4.69) is 25.3 Å². The standard InChI is InChI=1S/C70H114O28/c1-13-69(11,97-66-58(84)53(79)50(76)45(32-71)92-66)28-18-26-37(4)21-15-20-36(3)23-17-25-40(7)34-88-64-60(86)61(49(75)43(10)90-64)96-65-57(83)55(81)52(78)47(94-65)35-89-68-62(56(82)48(74)42(9)91-68)95-63(87)41(8)31-44(73)30-39(6)24-16-22-38(5)27-19-29-70(12,14-2)98-67-59(85)54(80)51(77)46(33-72)93-67/h13-14,20,24-27,31,42-62,64-68,71-86H,1-2,15-19,21-23,28-30,32-35H2,3-12H3. The van der Waals surface area contributed by atoms with Gasteiger partial charge in [0.15, 0.2) is 37.6 Å². The molecule has 5 rings (SSSR count). The molecule has 0 aromatic heterocycles. The molecule has 5 aliphatic rings. The lowest BCUT2D eigenvalue weighted by Crippen LogP contribution is -2.64. The Hall–Kier alpha value is -3.65. The Morgan fingerprint density at radius 3 is 1.36 bits per heavy atom. The lowest BCUT2D eigenvalue weighted by Gasteiger charge is -2.46. The van der Waals surface area contributed by atoms with Crippen molar-refractivity contribution >= 4 is 5.97 Å². The van der Waals surface area contributed by atoms with Crippen molar-refractivity contribution in [3.8, 4) is 0 Å². The molecular weight excluding hydrogens is 1290 g/mol. The van der Waals surface area contributed by atoms with Gasteiger partial charge in [-0.1, -0.05) is 70.4 Å². The maximum Gasteiger partial charge on any atom is 0.334 e. The summed E-state index contributed by atoms with van der Waals surface area (Å²) >= 11 is 0. The van der Waals surface area contributed by atoms with Crippen LogP contribution in [0.5, 0.6) is 0 Å². The van der Waals surface area contributed by atoms with Crippen molar-refractivity contribution < 1.29 is 139 Å². The van der Waals surface area contributed by atoms with Gasteiger partial charge < -0.3 is 134 Å². The molecule has 0 saturated carbocycles. The van der Waals surface area contributed by atoms with Gasteiger partial charge in [-0.15, -0.1) is 13.2 Å². The first-order chi connectivity index (χ1) is 46.1. The number of aliphatic hydroxyl groups excluding tert-OH is 16. The Bertz CT molecular complexity index is 2660. The van der Waals surface area contributed by atoms with Gasteiger partial charge >= 0.3 is 5.97 Å². The minimum Gasteiger partial charge on any atom is -0.451 e. The van der Waals surface area contributed by atoms with Gasteiger partial charge in [-0.3, -0.25) is 0 Å². The van der Waals surface area contributed by atoms with E-state index < -0.39 is 197 Å². The molecule has 5 saturated heterocycles. The largest absolute Gasteiger partial charge is 0.451 e. The minimum absolute atomic E-state index is 0.0256. The van der Waals surface area contributed by atoms with Gasteiger partial charge in [0.25, 0.3) is 0 Å². The Labute approximate surface area is 574 Å². The molecule has 0 aromatic rings. The van der Waals surface area contributed by atoms with E-state index in [4.69, 9.17) is 52.1 Å². The van der Waals surface area contributed by atoms with Gasteiger partial charge in [-0.25, -0.2) is 4.79 Å². The topological polar surface area (TPSA) is 442 Å². The summed E-state index contributed by atoms with van der Waals surface area (Å²) in [5.41, 5.74) is 3.03. The third-order valence-electron chi connectivity index (χ3n) is 18.7. The minimum atomic E-state index is -1.92. The smallest absolute Gasteiger partial charge is 0.334 e. The molecule has 562 valence electrons. The van der Waals surface area contributed by atoms with Crippen LogP contribution in [0.1, 0.15) is 140 Å². The first-order valence-corrected chi connectivity index (χ1v) is 33.8. The summed E-state index contributed by atoms with van der Waals surface area (Å²) in [4.78, 5) is 13.5. The predicted octanol–water partition coefficient (Wildman–Crippen LogP) is 0.910. The maximum absolute atomic E-state index is 13.5. The van der Waals surface area contributed by atoms with E-state index >= 15 is 0 Å². The molecule has 5 heterocycles. The number of esters is 1. The third-order valence-corrected chi connectivity index (χ3v) is 18.7. The highest BCUT2D eigenvalue weighted by Crippen LogP contribution is 2.35. The first kappa shape index (κ1) is 85.0. The van der Waals surface area contributed by atoms with Crippen molar-refractivity contribution in [3.63, 3.8) is 0 Å². The van der Waals surface area contributed by atoms with E-state index in [1.165, 1.54) is 32.4 Å². The van der Waals surface area contributed by atoms with Crippen molar-refractivity contribution in [2.24, 2.45) is 0 Å². The zero-order valence-electron chi connectivity index (χ0n) is 58.2. The summed E-state index contributed by atoms with van der Waals surface area (Å²) in [5.74, 6) is -0.998. The molecule has 5 aliphatic heterocycles. The van der Waals surface area contributed by atoms with E-state index in [1.807, 2.05) is 52.8 Å². The quantitative estimate of drug-likeness (QED) is 0.0235. The number of hydrogen-bond acceptors (Lipinski definition) is 28. The monoisotopic (exact) mass is 1400 g/mol. The molecule has 0 spiro atoms. The number of hydrogen-bond donors (Lipinski definition) is 16. The number of carbonyl (C=O) groups excluding carboxylic acids is 1. The Morgan fingerprint density at radius 1 is 0.459 bits per heavy atom. The molecule has 28 atom stereocenters. The Balaban J connectivity index is 1.07. The van der Waals surface area contributed by atoms with Gasteiger partial charge in [-0.05, 0) is 146 Å². The highest BCUT2D eigenvalue weighted by Gasteiger charge is 2.53. The fourth-order valence-corrected chi connectivity index (χ4v) is 11.8. The lowest BCUT2D eigenvalue weighted by atomic mass is 9.96. The number of carbonyl (C=O) groups is 1. The molecule has 0 bridgehead atoms. The zero-order chi connectivity index (χ0) is 73.1. The number of rotatable bonds is 36. The van der Waals surface area contributed by atoms with Crippen LogP contribution in [0.2, 0.25) is 0 Å². The summed E-state index contributed by atoms with van der Waals surface area (Å²) in [7, 11) is 0. The summed E-state index contributed by atoms with van der Waals surface area (Å²) in [6, 6.07) is 0. The van der Waals surface area contributed by atoms with Gasteiger partial charge in [-0.2, -0.15) is 0 Å². The number of aliphatic hydroxyl groups is 16. The van der Waals surface area contributed by atoms with Crippen LogP contribution >= 0.6 is 0 Å². The second-order valence-electron chi connectivity index (χ2n) is 27.2. The molecule has 0 aromatic carbocycles. The molecular formula is C70H114O28. The highest BCUT2D eigenvalue weighted by molar-refractivity contribution is 5.88. The van der Waals surface area contributed by atoms with Crippen LogP contribution in [0.4, 0.5) is 0 Å². The van der Waals surface area contributed by atoms with Crippen molar-refractivity contribution in [2.75, 3.05) is 26.4 Å². The highest BCUT2D eigenvalue weighted by atomic mass is 16.8. The van der Waals surface area contributed by atoms with E-state index in [9.17, 15) is 86.5 Å². The van der Waals surface area contributed by atoms with Crippen molar-refractivity contribution in [3.05, 3.63) is 95.2 Å². The fourth-order valence-electron chi connectivity index (χ4n) is 11.8. The van der Waals surface area contributed by atoms with E-state index in [-0.39, 0.29) is 18.6 Å². The van der Waals surface area contributed by atoms with Crippen LogP contribution in [-0.2, 0) is 56.9 Å². The molecule has 5 fully saturated rings. The van der Waals surface area contributed by atoms with E-state index in [1.54, 1.807) is 26.0 Å². The molecule has 28 heteroatoms. The van der Waals surface area contributed by atoms with E-state index in [0.29, 0.717) is 44.9 Å². The Morgan fingerprint density at radius 2 is 0.878 bits per heavy atom. The molecule has 0 radical (unpaired) electrons. The normalized spacial score (nSPS) is 38.2. The summed E-state index contributed by atoms with van der Waals surface area (Å²) in [6.45, 7) is 23.5. The van der Waals surface area contributed by atoms with Gasteiger partial charge in [0.1, 0.15) is 104 Å². The number of allylic oxidation sites excluding steroid dienone is 8. The summed E-state index contributed by atoms with van der Waals surface area (Å²) in [6.07, 6.45) is -17.6. The summed E-state index contributed by atoms with van der Waals surface area (Å²) in [5, 5.41) is 169. The third kappa shape index (κ3) is 24.2. The molecule has 16 N–H and O–H groups in total. The molecule has 0 amide bonds. The van der Waals surface area contributed by atoms with Crippen molar-refractivity contribution in [1.29, 1.82) is 0 Å². The SMILES string of the molecule is C=CC(C)(CCC=C(C)CCC=C(C)CCC=C(C)COC1OC(C)C(O)C(OC2OC(COC3OC(C)C(O)C(O)C3OC(=O)C(C)=CC(O)CC(C)=CCCC(C)=CCCC(C)(C=C)OC3OC(CO)C(O)C(O)C3O)C(O)C(O)C2O)C1O)OC1OC(CO)C(O)C(O)C1O. The van der Waals surface area contributed by atoms with Crippen molar-refractivity contribution in [2.45, 2.75) is 311 Å². The molecule has 28 nitrogen and oxygen atoms in total. The predicted molar refractivity (Wildman–Crippen MR) is 352 cm³/mol. The van der Waals surface area contributed by atoms with Gasteiger partial charge in [0.05, 0.1) is 55.9 Å². The maximum atomic E-state index is 13.5. The van der Waals surface area contributed by atoms with Crippen LogP contribution in [0.15, 0.2) is 95.2 Å². The fraction of sp³-hybridized carbons (Fsp3) is 0.757. The van der Waals surface area contributed by atoms with E-state index in [0.717, 1.165) is 41.6 Å². The molecule has 98 heavy (non-hydrogen) atoms. The van der Waals surface area contributed by atoms with Crippen LogP contribution in [0.25, 0.3) is 0 Å². The van der Waals surface area contributed by atoms with Crippen LogP contribution < -0.4 is 0 Å². The average Bonchev–Trinajstić information content (AvgIpc) is 0.820. The second kappa shape index (κ2) is 39.8. The average molecular weight is 1400 g/mol. The van der Waals surface area contributed by atoms with Crippen LogP contribution in [0.3, 0.4) is 0 Å². The lowest BCUT2D eigenvalue weighted by molar-refractivity contribution is -0.362. The first-order valence-electron chi connectivity index (χ1n) is 33.8. The van der Waals surface area contributed by atoms with Gasteiger partial charge in [0, 0.05) is 5.57 Å². The Kier molecular flexibility index (Phi) is 34.6.